The van der Waals surface area contributed by atoms with Crippen molar-refractivity contribution in [3.63, 3.8) is 0 Å². The van der Waals surface area contributed by atoms with Gasteiger partial charge in [-0.25, -0.2) is 4.68 Å². The van der Waals surface area contributed by atoms with E-state index in [1.165, 1.54) is 17.0 Å². The Kier molecular flexibility index (Phi) is 4.00. The van der Waals surface area contributed by atoms with Crippen LogP contribution in [0.25, 0.3) is 16.6 Å². The zero-order valence-corrected chi connectivity index (χ0v) is 14.7. The summed E-state index contributed by atoms with van der Waals surface area (Å²) in [5.74, 6) is -0.335. The molecule has 4 aromatic rings. The van der Waals surface area contributed by atoms with Gasteiger partial charge in [0.05, 0.1) is 16.8 Å². The van der Waals surface area contributed by atoms with Gasteiger partial charge in [0.1, 0.15) is 6.33 Å². The number of aryl methyl sites for hydroxylation is 2. The highest BCUT2D eigenvalue weighted by atomic mass is 16.2. The quantitative estimate of drug-likeness (QED) is 0.603. The van der Waals surface area contributed by atoms with Gasteiger partial charge in [-0.15, -0.1) is 5.10 Å². The van der Waals surface area contributed by atoms with E-state index in [1.807, 2.05) is 43.3 Å². The first-order valence-corrected chi connectivity index (χ1v) is 8.29. The summed E-state index contributed by atoms with van der Waals surface area (Å²) in [6, 6.07) is 14.1. The second-order valence-corrected chi connectivity index (χ2v) is 6.18. The number of benzene rings is 2. The Morgan fingerprint density at radius 3 is 2.67 bits per heavy atom. The number of amides is 1. The average Bonchev–Trinajstić information content (AvgIpc) is 3.19. The largest absolute Gasteiger partial charge is 0.322 e. The molecule has 8 heteroatoms. The lowest BCUT2D eigenvalue weighted by atomic mass is 10.1. The molecule has 1 amide bonds. The third-order valence-electron chi connectivity index (χ3n) is 4.45. The topological polar surface area (TPSA) is 94.7 Å². The second kappa shape index (κ2) is 6.49. The maximum Gasteiger partial charge on any atom is 0.256 e. The van der Waals surface area contributed by atoms with E-state index in [0.717, 1.165) is 16.6 Å². The zero-order valence-electron chi connectivity index (χ0n) is 14.7. The SMILES string of the molecule is Cc1cc(NC(=O)c2cc(=O)n(C)c3ccccc23)ccc1-n1cnnn1. The van der Waals surface area contributed by atoms with Crippen LogP contribution in [0.15, 0.2) is 59.7 Å². The van der Waals surface area contributed by atoms with Gasteiger partial charge < -0.3 is 9.88 Å². The van der Waals surface area contributed by atoms with Crippen molar-refractivity contribution in [2.75, 3.05) is 5.32 Å². The summed E-state index contributed by atoms with van der Waals surface area (Å²) < 4.78 is 3.08. The summed E-state index contributed by atoms with van der Waals surface area (Å²) in [5, 5.41) is 14.7. The number of para-hydroxylation sites is 1. The van der Waals surface area contributed by atoms with Crippen molar-refractivity contribution in [3.8, 4) is 5.69 Å². The normalized spacial score (nSPS) is 10.9. The van der Waals surface area contributed by atoms with Crippen molar-refractivity contribution in [1.82, 2.24) is 24.8 Å². The molecule has 0 fully saturated rings. The third-order valence-corrected chi connectivity index (χ3v) is 4.45. The summed E-state index contributed by atoms with van der Waals surface area (Å²) in [7, 11) is 1.69. The molecule has 2 aromatic carbocycles. The van der Waals surface area contributed by atoms with Crippen LogP contribution < -0.4 is 10.9 Å². The zero-order chi connectivity index (χ0) is 19.0. The van der Waals surface area contributed by atoms with Crippen LogP contribution in [0, 0.1) is 6.92 Å². The predicted molar refractivity (Wildman–Crippen MR) is 101 cm³/mol. The van der Waals surface area contributed by atoms with E-state index in [1.54, 1.807) is 17.8 Å². The Hall–Kier alpha value is -3.81. The fourth-order valence-electron chi connectivity index (χ4n) is 3.06. The molecule has 8 nitrogen and oxygen atoms in total. The van der Waals surface area contributed by atoms with E-state index in [9.17, 15) is 9.59 Å². The van der Waals surface area contributed by atoms with Crippen LogP contribution in [0.3, 0.4) is 0 Å². The predicted octanol–water partition coefficient (Wildman–Crippen LogP) is 2.07. The van der Waals surface area contributed by atoms with Gasteiger partial charge in [0, 0.05) is 24.2 Å². The Balaban J connectivity index is 1.69. The van der Waals surface area contributed by atoms with Gasteiger partial charge in [0.2, 0.25) is 0 Å². The van der Waals surface area contributed by atoms with Crippen molar-refractivity contribution in [3.05, 3.63) is 76.3 Å². The minimum absolute atomic E-state index is 0.232. The molecule has 1 N–H and O–H groups in total. The number of carbonyl (C=O) groups excluding carboxylic acids is 1. The van der Waals surface area contributed by atoms with E-state index in [4.69, 9.17) is 0 Å². The molecule has 0 atom stereocenters. The minimum atomic E-state index is -0.335. The van der Waals surface area contributed by atoms with E-state index in [0.29, 0.717) is 16.8 Å². The Labute approximate surface area is 154 Å². The van der Waals surface area contributed by atoms with Gasteiger partial charge in [0.25, 0.3) is 11.5 Å². The molecule has 0 aliphatic rings. The highest BCUT2D eigenvalue weighted by Gasteiger charge is 2.14. The molecule has 0 radical (unpaired) electrons. The number of fused-ring (bicyclic) bond motifs is 1. The van der Waals surface area contributed by atoms with Crippen LogP contribution in [0.2, 0.25) is 0 Å². The van der Waals surface area contributed by atoms with Crippen molar-refractivity contribution in [2.45, 2.75) is 6.92 Å². The van der Waals surface area contributed by atoms with E-state index >= 15 is 0 Å². The summed E-state index contributed by atoms with van der Waals surface area (Å²) in [6.07, 6.45) is 1.51. The number of nitrogens with zero attached hydrogens (tertiary/aromatic N) is 5. The molecule has 0 saturated heterocycles. The van der Waals surface area contributed by atoms with Crippen LogP contribution >= 0.6 is 0 Å². The molecule has 0 bridgehead atoms. The number of pyridine rings is 1. The van der Waals surface area contributed by atoms with Crippen molar-refractivity contribution < 1.29 is 4.79 Å². The molecule has 0 saturated carbocycles. The van der Waals surface area contributed by atoms with Gasteiger partial charge in [-0.1, -0.05) is 18.2 Å². The molecule has 27 heavy (non-hydrogen) atoms. The van der Waals surface area contributed by atoms with Crippen LogP contribution in [-0.4, -0.2) is 30.7 Å². The van der Waals surface area contributed by atoms with Crippen molar-refractivity contribution in [2.24, 2.45) is 7.05 Å². The van der Waals surface area contributed by atoms with Gasteiger partial charge >= 0.3 is 0 Å². The summed E-state index contributed by atoms with van der Waals surface area (Å²) in [4.78, 5) is 25.0. The van der Waals surface area contributed by atoms with Crippen LogP contribution in [0.4, 0.5) is 5.69 Å². The fraction of sp³-hybridized carbons (Fsp3) is 0.105. The summed E-state index contributed by atoms with van der Waals surface area (Å²) >= 11 is 0. The lowest BCUT2D eigenvalue weighted by Crippen LogP contribution is -2.21. The molecule has 0 unspecified atom stereocenters. The fourth-order valence-corrected chi connectivity index (χ4v) is 3.06. The van der Waals surface area contributed by atoms with E-state index in [2.05, 4.69) is 20.8 Å². The maximum atomic E-state index is 12.8. The molecule has 0 aliphatic heterocycles. The molecular weight excluding hydrogens is 344 g/mol. The molecule has 2 heterocycles. The molecule has 4 rings (SSSR count). The van der Waals surface area contributed by atoms with Crippen LogP contribution in [0.5, 0.6) is 0 Å². The molecule has 0 aliphatic carbocycles. The lowest BCUT2D eigenvalue weighted by Gasteiger charge is -2.12. The highest BCUT2D eigenvalue weighted by molar-refractivity contribution is 6.12. The monoisotopic (exact) mass is 360 g/mol. The third kappa shape index (κ3) is 2.97. The van der Waals surface area contributed by atoms with Crippen molar-refractivity contribution >= 4 is 22.5 Å². The number of rotatable bonds is 3. The first-order chi connectivity index (χ1) is 13.0. The Bertz CT molecular complexity index is 1210. The first-order valence-electron chi connectivity index (χ1n) is 8.29. The van der Waals surface area contributed by atoms with Gasteiger partial charge in [0.15, 0.2) is 0 Å². The van der Waals surface area contributed by atoms with Gasteiger partial charge in [-0.3, -0.25) is 9.59 Å². The van der Waals surface area contributed by atoms with Crippen molar-refractivity contribution in [1.29, 1.82) is 0 Å². The van der Waals surface area contributed by atoms with Crippen LogP contribution in [-0.2, 0) is 7.05 Å². The minimum Gasteiger partial charge on any atom is -0.322 e. The summed E-state index contributed by atoms with van der Waals surface area (Å²) in [6.45, 7) is 1.90. The maximum absolute atomic E-state index is 12.8. The molecular formula is C19H16N6O2. The van der Waals surface area contributed by atoms with Gasteiger partial charge in [-0.2, -0.15) is 0 Å². The number of tetrazole rings is 1. The standard InChI is InChI=1S/C19H16N6O2/c1-12-9-13(7-8-16(12)25-11-20-22-23-25)21-19(27)15-10-18(26)24(2)17-6-4-3-5-14(15)17/h3-11H,1-2H3,(H,21,27). The van der Waals surface area contributed by atoms with E-state index < -0.39 is 0 Å². The van der Waals surface area contributed by atoms with Gasteiger partial charge in [-0.05, 0) is 47.2 Å². The Morgan fingerprint density at radius 2 is 1.93 bits per heavy atom. The number of nitrogens with one attached hydrogen (secondary N) is 1. The number of carbonyl (C=O) groups is 1. The number of aromatic nitrogens is 5. The second-order valence-electron chi connectivity index (χ2n) is 6.18. The molecule has 134 valence electrons. The number of hydrogen-bond acceptors (Lipinski definition) is 5. The van der Waals surface area contributed by atoms with Crippen LogP contribution in [0.1, 0.15) is 15.9 Å². The Morgan fingerprint density at radius 1 is 1.11 bits per heavy atom. The summed E-state index contributed by atoms with van der Waals surface area (Å²) in [5.41, 5.74) is 3.16. The molecule has 2 aromatic heterocycles. The first kappa shape index (κ1) is 16.6. The lowest BCUT2D eigenvalue weighted by molar-refractivity contribution is 0.102. The smallest absolute Gasteiger partial charge is 0.256 e. The highest BCUT2D eigenvalue weighted by Crippen LogP contribution is 2.21. The number of anilines is 1. The molecule has 0 spiro atoms. The van der Waals surface area contributed by atoms with E-state index in [-0.39, 0.29) is 11.5 Å². The average molecular weight is 360 g/mol. The number of hydrogen-bond donors (Lipinski definition) is 1.